The van der Waals surface area contributed by atoms with Crippen molar-refractivity contribution in [2.45, 2.75) is 19.4 Å². The number of ether oxygens (including phenoxy) is 1. The Balaban J connectivity index is 1.88. The van der Waals surface area contributed by atoms with Gasteiger partial charge in [0.05, 0.1) is 30.2 Å². The molecule has 0 bridgehead atoms. The van der Waals surface area contributed by atoms with Gasteiger partial charge in [-0.1, -0.05) is 12.1 Å². The largest absolute Gasteiger partial charge is 0.379 e. The Bertz CT molecular complexity index is 576. The second-order valence-electron chi connectivity index (χ2n) is 4.71. The van der Waals surface area contributed by atoms with Crippen molar-refractivity contribution in [1.29, 1.82) is 0 Å². The molecule has 1 atom stereocenters. The molecule has 0 saturated carbocycles. The minimum Gasteiger partial charge on any atom is -0.379 e. The van der Waals surface area contributed by atoms with Gasteiger partial charge in [-0.15, -0.1) is 0 Å². The molecule has 2 heterocycles. The van der Waals surface area contributed by atoms with Crippen molar-refractivity contribution in [3.8, 4) is 5.69 Å². The molecule has 1 aliphatic heterocycles. The molecule has 0 aliphatic carbocycles. The van der Waals surface area contributed by atoms with Crippen LogP contribution in [0.3, 0.4) is 0 Å². The highest BCUT2D eigenvalue weighted by atomic mass is 19.1. The van der Waals surface area contributed by atoms with Crippen molar-refractivity contribution in [1.82, 2.24) is 9.78 Å². The minimum absolute atomic E-state index is 0.274. The van der Waals surface area contributed by atoms with Crippen LogP contribution in [-0.2, 0) is 4.74 Å². The summed E-state index contributed by atoms with van der Waals surface area (Å²) in [5, 5.41) is 7.65. The van der Waals surface area contributed by atoms with Crippen LogP contribution in [0.5, 0.6) is 0 Å². The summed E-state index contributed by atoms with van der Waals surface area (Å²) in [6, 6.07) is 6.95. The summed E-state index contributed by atoms with van der Waals surface area (Å²) >= 11 is 0. The summed E-state index contributed by atoms with van der Waals surface area (Å²) in [5.74, 6) is -0.274. The summed E-state index contributed by atoms with van der Waals surface area (Å²) < 4.78 is 20.7. The first-order chi connectivity index (χ1) is 9.25. The molecule has 1 N–H and O–H groups in total. The van der Waals surface area contributed by atoms with Gasteiger partial charge in [-0.05, 0) is 25.5 Å². The molecule has 1 aromatic heterocycles. The number of aromatic nitrogens is 2. The minimum atomic E-state index is -0.274. The molecule has 5 heteroatoms. The lowest BCUT2D eigenvalue weighted by Gasteiger charge is -2.12. The number of benzene rings is 1. The Labute approximate surface area is 111 Å². The van der Waals surface area contributed by atoms with Crippen molar-refractivity contribution in [3.63, 3.8) is 0 Å². The first-order valence-corrected chi connectivity index (χ1v) is 6.39. The highest BCUT2D eigenvalue weighted by molar-refractivity contribution is 5.50. The van der Waals surface area contributed by atoms with Crippen LogP contribution in [0, 0.1) is 12.7 Å². The normalized spacial score (nSPS) is 18.7. The molecule has 1 unspecified atom stereocenters. The van der Waals surface area contributed by atoms with Crippen LogP contribution in [0.2, 0.25) is 0 Å². The standard InChI is InChI=1S/C14H16FN3O/c1-10-13(17-11-6-7-19-9-11)8-16-18(10)14-5-3-2-4-12(14)15/h2-5,8,11,17H,6-7,9H2,1H3. The lowest BCUT2D eigenvalue weighted by Crippen LogP contribution is -2.19. The lowest BCUT2D eigenvalue weighted by atomic mass is 10.2. The zero-order valence-electron chi connectivity index (χ0n) is 10.8. The molecule has 0 amide bonds. The third-order valence-corrected chi connectivity index (χ3v) is 3.38. The van der Waals surface area contributed by atoms with Gasteiger partial charge in [0.15, 0.2) is 0 Å². The number of rotatable bonds is 3. The van der Waals surface area contributed by atoms with E-state index in [1.807, 2.05) is 6.92 Å². The highest BCUT2D eigenvalue weighted by Gasteiger charge is 2.18. The monoisotopic (exact) mass is 261 g/mol. The van der Waals surface area contributed by atoms with Gasteiger partial charge in [0, 0.05) is 6.61 Å². The van der Waals surface area contributed by atoms with E-state index in [-0.39, 0.29) is 5.82 Å². The van der Waals surface area contributed by atoms with Crippen molar-refractivity contribution in [3.05, 3.63) is 42.0 Å². The molecule has 1 aliphatic rings. The number of para-hydroxylation sites is 1. The summed E-state index contributed by atoms with van der Waals surface area (Å²) in [6.45, 7) is 3.43. The van der Waals surface area contributed by atoms with E-state index in [9.17, 15) is 4.39 Å². The molecule has 1 aromatic carbocycles. The molecule has 1 saturated heterocycles. The third kappa shape index (κ3) is 2.33. The molecule has 2 aromatic rings. The fourth-order valence-electron chi connectivity index (χ4n) is 2.29. The Morgan fingerprint density at radius 2 is 2.26 bits per heavy atom. The van der Waals surface area contributed by atoms with Crippen LogP contribution >= 0.6 is 0 Å². The van der Waals surface area contributed by atoms with Crippen LogP contribution in [0.4, 0.5) is 10.1 Å². The molecular weight excluding hydrogens is 245 g/mol. The molecule has 1 fully saturated rings. The number of hydrogen-bond donors (Lipinski definition) is 1. The molecule has 100 valence electrons. The summed E-state index contributed by atoms with van der Waals surface area (Å²) in [7, 11) is 0. The summed E-state index contributed by atoms with van der Waals surface area (Å²) in [6.07, 6.45) is 2.73. The predicted octanol–water partition coefficient (Wildman–Crippen LogP) is 2.52. The fraction of sp³-hybridized carbons (Fsp3) is 0.357. The molecule has 0 spiro atoms. The van der Waals surface area contributed by atoms with Crippen molar-refractivity contribution in [2.24, 2.45) is 0 Å². The first kappa shape index (κ1) is 12.2. The number of halogens is 1. The van der Waals surface area contributed by atoms with E-state index in [2.05, 4.69) is 10.4 Å². The van der Waals surface area contributed by atoms with Gasteiger partial charge in [0.25, 0.3) is 0 Å². The van der Waals surface area contributed by atoms with Crippen molar-refractivity contribution >= 4 is 5.69 Å². The summed E-state index contributed by atoms with van der Waals surface area (Å²) in [4.78, 5) is 0. The van der Waals surface area contributed by atoms with E-state index in [1.165, 1.54) is 6.07 Å². The number of nitrogens with one attached hydrogen (secondary N) is 1. The number of hydrogen-bond acceptors (Lipinski definition) is 3. The topological polar surface area (TPSA) is 39.1 Å². The maximum Gasteiger partial charge on any atom is 0.148 e. The zero-order chi connectivity index (χ0) is 13.2. The van der Waals surface area contributed by atoms with Crippen LogP contribution in [0.1, 0.15) is 12.1 Å². The van der Waals surface area contributed by atoms with Gasteiger partial charge in [0.2, 0.25) is 0 Å². The molecule has 4 nitrogen and oxygen atoms in total. The van der Waals surface area contributed by atoms with Crippen LogP contribution in [0.15, 0.2) is 30.5 Å². The Kier molecular flexibility index (Phi) is 3.21. The van der Waals surface area contributed by atoms with Gasteiger partial charge in [-0.25, -0.2) is 9.07 Å². The fourth-order valence-corrected chi connectivity index (χ4v) is 2.29. The van der Waals surface area contributed by atoms with E-state index in [0.29, 0.717) is 18.3 Å². The molecule has 3 rings (SSSR count). The molecular formula is C14H16FN3O. The average molecular weight is 261 g/mol. The van der Waals surface area contributed by atoms with E-state index in [1.54, 1.807) is 29.1 Å². The second-order valence-corrected chi connectivity index (χ2v) is 4.71. The predicted molar refractivity (Wildman–Crippen MR) is 71.1 cm³/mol. The third-order valence-electron chi connectivity index (χ3n) is 3.38. The van der Waals surface area contributed by atoms with Crippen LogP contribution in [0.25, 0.3) is 5.69 Å². The smallest absolute Gasteiger partial charge is 0.148 e. The van der Waals surface area contributed by atoms with Crippen LogP contribution in [-0.4, -0.2) is 29.0 Å². The van der Waals surface area contributed by atoms with Gasteiger partial charge < -0.3 is 10.1 Å². The van der Waals surface area contributed by atoms with Gasteiger partial charge in [-0.2, -0.15) is 5.10 Å². The van der Waals surface area contributed by atoms with E-state index >= 15 is 0 Å². The molecule has 0 radical (unpaired) electrons. The average Bonchev–Trinajstić information content (AvgIpc) is 3.03. The first-order valence-electron chi connectivity index (χ1n) is 6.39. The van der Waals surface area contributed by atoms with Crippen molar-refractivity contribution < 1.29 is 9.13 Å². The van der Waals surface area contributed by atoms with Gasteiger partial charge >= 0.3 is 0 Å². The highest BCUT2D eigenvalue weighted by Crippen LogP contribution is 2.22. The van der Waals surface area contributed by atoms with Gasteiger partial charge in [-0.3, -0.25) is 0 Å². The van der Waals surface area contributed by atoms with Crippen LogP contribution < -0.4 is 5.32 Å². The number of anilines is 1. The second kappa shape index (κ2) is 5.01. The summed E-state index contributed by atoms with van der Waals surface area (Å²) in [5.41, 5.74) is 2.30. The zero-order valence-corrected chi connectivity index (χ0v) is 10.8. The Morgan fingerprint density at radius 1 is 1.42 bits per heavy atom. The van der Waals surface area contributed by atoms with Gasteiger partial charge in [0.1, 0.15) is 11.5 Å². The van der Waals surface area contributed by atoms with Crippen molar-refractivity contribution in [2.75, 3.05) is 18.5 Å². The van der Waals surface area contributed by atoms with E-state index < -0.39 is 0 Å². The lowest BCUT2D eigenvalue weighted by molar-refractivity contribution is 0.195. The van der Waals surface area contributed by atoms with E-state index in [4.69, 9.17) is 4.74 Å². The molecule has 19 heavy (non-hydrogen) atoms. The Morgan fingerprint density at radius 3 is 3.00 bits per heavy atom. The van der Waals surface area contributed by atoms with E-state index in [0.717, 1.165) is 24.4 Å². The Hall–Kier alpha value is -1.88. The SMILES string of the molecule is Cc1c(NC2CCOC2)cnn1-c1ccccc1F. The quantitative estimate of drug-likeness (QED) is 0.922. The maximum absolute atomic E-state index is 13.8. The number of nitrogens with zero attached hydrogens (tertiary/aromatic N) is 2. The maximum atomic E-state index is 13.8.